The number of ketones is 1. The number of hydrogen-bond acceptors (Lipinski definition) is 6. The summed E-state index contributed by atoms with van der Waals surface area (Å²) in [6.45, 7) is 9.34. The van der Waals surface area contributed by atoms with E-state index in [1.165, 1.54) is 24.3 Å². The van der Waals surface area contributed by atoms with Crippen molar-refractivity contribution in [1.29, 1.82) is 0 Å². The zero-order chi connectivity index (χ0) is 19.5. The summed E-state index contributed by atoms with van der Waals surface area (Å²) in [4.78, 5) is 24.0. The number of rotatable bonds is 6. The topological polar surface area (TPSA) is 76.0 Å². The first-order valence-corrected chi connectivity index (χ1v) is 8.52. The quantitative estimate of drug-likeness (QED) is 0.193. The Morgan fingerprint density at radius 2 is 1.50 bits per heavy atom. The molecule has 2 aromatic carbocycles. The molecule has 0 fully saturated rings. The molecule has 0 aliphatic rings. The first-order chi connectivity index (χ1) is 12.4. The summed E-state index contributed by atoms with van der Waals surface area (Å²) in [5, 5.41) is 11.5. The lowest BCUT2D eigenvalue weighted by Gasteiger charge is -2.04. The summed E-state index contributed by atoms with van der Waals surface area (Å²) in [7, 11) is 0. The molecule has 26 heavy (non-hydrogen) atoms. The maximum absolute atomic E-state index is 11.8. The Morgan fingerprint density at radius 1 is 1.04 bits per heavy atom. The third-order valence-electron chi connectivity index (χ3n) is 2.84. The summed E-state index contributed by atoms with van der Waals surface area (Å²) in [6.07, 6.45) is 0. The van der Waals surface area contributed by atoms with Gasteiger partial charge in [0, 0.05) is 15.4 Å². The summed E-state index contributed by atoms with van der Waals surface area (Å²) >= 11 is 1.51. The maximum atomic E-state index is 11.8. The average Bonchev–Trinajstić information content (AvgIpc) is 2.62. The highest BCUT2D eigenvalue weighted by atomic mass is 32.2. The average molecular weight is 371 g/mol. The molecule has 1 N–H and O–H groups in total. The minimum absolute atomic E-state index is 0.0474. The molecule has 0 saturated carbocycles. The van der Waals surface area contributed by atoms with Gasteiger partial charge in [-0.05, 0) is 69.3 Å². The summed E-state index contributed by atoms with van der Waals surface area (Å²) < 4.78 is 4.73. The molecular weight excluding hydrogens is 350 g/mol. The third kappa shape index (κ3) is 7.36. The number of benzene rings is 2. The van der Waals surface area contributed by atoms with Gasteiger partial charge in [-0.2, -0.15) is 0 Å². The number of hydrogen-bond donors (Lipinski definition) is 1. The van der Waals surface area contributed by atoms with E-state index in [4.69, 9.17) is 9.94 Å². The molecule has 0 heterocycles. The maximum Gasteiger partial charge on any atom is 0.298 e. The fourth-order valence-corrected chi connectivity index (χ4v) is 2.52. The lowest BCUT2D eigenvalue weighted by Crippen LogP contribution is -2.10. The van der Waals surface area contributed by atoms with E-state index < -0.39 is 0 Å². The van der Waals surface area contributed by atoms with E-state index >= 15 is 0 Å². The van der Waals surface area contributed by atoms with E-state index in [1.807, 2.05) is 38.1 Å². The molecule has 0 aliphatic carbocycles. The van der Waals surface area contributed by atoms with Gasteiger partial charge in [0.05, 0.1) is 0 Å². The van der Waals surface area contributed by atoms with Gasteiger partial charge in [0.25, 0.3) is 6.47 Å². The highest BCUT2D eigenvalue weighted by molar-refractivity contribution is 7.99. The molecule has 0 bridgehead atoms. The number of Topliss-reactive ketones (excluding diaryl/α,β-unsaturated/α-hetero) is 1. The van der Waals surface area contributed by atoms with E-state index in [0.717, 1.165) is 9.79 Å². The second-order valence-electron chi connectivity index (χ2n) is 5.53. The second kappa shape index (κ2) is 10.9. The smallest absolute Gasteiger partial charge is 0.298 e. The van der Waals surface area contributed by atoms with E-state index in [9.17, 15) is 9.59 Å². The third-order valence-corrected chi connectivity index (χ3v) is 3.85. The fraction of sp³-hybridized carbons (Fsp3) is 0.150. The zero-order valence-electron chi connectivity index (χ0n) is 14.9. The molecule has 2 aromatic rings. The predicted octanol–water partition coefficient (Wildman–Crippen LogP) is 4.99. The molecule has 0 aromatic heterocycles. The largest absolute Gasteiger partial charge is 0.429 e. The van der Waals surface area contributed by atoms with E-state index in [1.54, 1.807) is 24.3 Å². The first-order valence-electron chi connectivity index (χ1n) is 7.71. The molecular formula is C20H21NO4S. The molecule has 0 amide bonds. The number of allylic oxidation sites excluding steroid dienone is 1. The number of carbonyl (C=O) groups is 2. The van der Waals surface area contributed by atoms with Crippen molar-refractivity contribution in [3.8, 4) is 5.75 Å². The van der Waals surface area contributed by atoms with Gasteiger partial charge in [-0.1, -0.05) is 22.5 Å². The highest BCUT2D eigenvalue weighted by Crippen LogP contribution is 2.29. The van der Waals surface area contributed by atoms with Crippen LogP contribution in [-0.2, 0) is 4.79 Å². The van der Waals surface area contributed by atoms with Crippen molar-refractivity contribution in [2.24, 2.45) is 5.16 Å². The van der Waals surface area contributed by atoms with Crippen molar-refractivity contribution in [2.75, 3.05) is 0 Å². The van der Waals surface area contributed by atoms with Crippen LogP contribution in [0.5, 0.6) is 5.75 Å². The Labute approximate surface area is 157 Å². The first kappa shape index (κ1) is 21.2. The number of carbonyl (C=O) groups excluding carboxylic acids is 2. The monoisotopic (exact) mass is 371 g/mol. The van der Waals surface area contributed by atoms with Crippen molar-refractivity contribution >= 4 is 29.7 Å². The van der Waals surface area contributed by atoms with Crippen LogP contribution in [0.1, 0.15) is 31.1 Å². The Morgan fingerprint density at radius 3 is 1.92 bits per heavy atom. The molecule has 0 unspecified atom stereocenters. The lowest BCUT2D eigenvalue weighted by molar-refractivity contribution is -0.120. The van der Waals surface area contributed by atoms with Crippen molar-refractivity contribution in [1.82, 2.24) is 0 Å². The van der Waals surface area contributed by atoms with E-state index in [0.29, 0.717) is 17.8 Å². The van der Waals surface area contributed by atoms with Crippen LogP contribution in [0.15, 0.2) is 75.6 Å². The van der Waals surface area contributed by atoms with Gasteiger partial charge in [-0.3, -0.25) is 9.59 Å². The summed E-state index contributed by atoms with van der Waals surface area (Å²) in [5.74, 6) is 0.175. The fourth-order valence-electron chi connectivity index (χ4n) is 1.71. The predicted molar refractivity (Wildman–Crippen MR) is 103 cm³/mol. The Balaban J connectivity index is 0.000000765. The number of oxime groups is 1. The molecule has 0 radical (unpaired) electrons. The molecule has 0 aliphatic heterocycles. The molecule has 5 nitrogen and oxygen atoms in total. The van der Waals surface area contributed by atoms with Gasteiger partial charge in [0.15, 0.2) is 0 Å². The van der Waals surface area contributed by atoms with E-state index in [-0.39, 0.29) is 11.5 Å². The Bertz CT molecular complexity index is 776. The molecule has 136 valence electrons. The number of nitrogens with zero attached hydrogens (tertiary/aromatic N) is 1. The van der Waals surface area contributed by atoms with Gasteiger partial charge in [-0.25, -0.2) is 0 Å². The van der Waals surface area contributed by atoms with Gasteiger partial charge in [0.2, 0.25) is 5.78 Å². The molecule has 6 heteroatoms. The van der Waals surface area contributed by atoms with Crippen LogP contribution >= 0.6 is 11.8 Å². The van der Waals surface area contributed by atoms with Crippen molar-refractivity contribution in [2.45, 2.75) is 30.6 Å². The normalized spacial score (nSPS) is 10.3. The van der Waals surface area contributed by atoms with Gasteiger partial charge < -0.3 is 9.94 Å². The summed E-state index contributed by atoms with van der Waals surface area (Å²) in [6, 6.07) is 14.1. The SMILES string of the molecule is C/C(=N\O)C(=O)c1ccc(Sc2ccc(OC=O)cc2)cc1.C=C(C)C. The molecule has 0 spiro atoms. The van der Waals surface area contributed by atoms with Crippen molar-refractivity contribution < 1.29 is 19.5 Å². The second-order valence-corrected chi connectivity index (χ2v) is 6.68. The van der Waals surface area contributed by atoms with Crippen LogP contribution < -0.4 is 4.74 Å². The minimum Gasteiger partial charge on any atom is -0.429 e. The van der Waals surface area contributed by atoms with Crippen LogP contribution in [0.4, 0.5) is 0 Å². The molecule has 0 atom stereocenters. The zero-order valence-corrected chi connectivity index (χ0v) is 15.7. The Hall–Kier alpha value is -2.86. The van der Waals surface area contributed by atoms with Gasteiger partial charge >= 0.3 is 0 Å². The lowest BCUT2D eigenvalue weighted by atomic mass is 10.1. The highest BCUT2D eigenvalue weighted by Gasteiger charge is 2.10. The van der Waals surface area contributed by atoms with Crippen molar-refractivity contribution in [3.63, 3.8) is 0 Å². The van der Waals surface area contributed by atoms with Gasteiger partial charge in [-0.15, -0.1) is 6.58 Å². The van der Waals surface area contributed by atoms with Crippen LogP contribution in [-0.4, -0.2) is 23.2 Å². The van der Waals surface area contributed by atoms with Crippen molar-refractivity contribution in [3.05, 3.63) is 66.2 Å². The molecule has 2 rings (SSSR count). The molecule has 0 saturated heterocycles. The van der Waals surface area contributed by atoms with Crippen LogP contribution in [0, 0.1) is 0 Å². The van der Waals surface area contributed by atoms with Crippen LogP contribution in [0.3, 0.4) is 0 Å². The van der Waals surface area contributed by atoms with Gasteiger partial charge in [0.1, 0.15) is 11.5 Å². The minimum atomic E-state index is -0.311. The van der Waals surface area contributed by atoms with Crippen LogP contribution in [0.2, 0.25) is 0 Å². The van der Waals surface area contributed by atoms with E-state index in [2.05, 4.69) is 11.7 Å². The standard InChI is InChI=1S/C16H13NO4S.C4H8/c1-11(17-20)16(19)12-2-6-14(7-3-12)22-15-8-4-13(5-9-15)21-10-18;1-4(2)3/h2-10,20H,1H3;1H2,2-3H3/b17-11+;. The number of ether oxygens (including phenoxy) is 1. The van der Waals surface area contributed by atoms with Crippen LogP contribution in [0.25, 0.3) is 0 Å². The summed E-state index contributed by atoms with van der Waals surface area (Å²) in [5.41, 5.74) is 1.68. The Kier molecular flexibility index (Phi) is 8.87.